The molecule has 1 aliphatic rings. The molecule has 10 heteroatoms. The van der Waals surface area contributed by atoms with Crippen molar-refractivity contribution >= 4 is 28.4 Å². The summed E-state index contributed by atoms with van der Waals surface area (Å²) in [6.45, 7) is 4.52. The van der Waals surface area contributed by atoms with Crippen LogP contribution in [0.15, 0.2) is 108 Å². The summed E-state index contributed by atoms with van der Waals surface area (Å²) in [7, 11) is 0. The number of para-hydroxylation sites is 1. The fourth-order valence-corrected chi connectivity index (χ4v) is 6.28. The average molecular weight is 662 g/mol. The molecule has 0 spiro atoms. The van der Waals surface area contributed by atoms with Crippen molar-refractivity contribution in [1.29, 1.82) is 0 Å². The minimum atomic E-state index is -0.785. The number of phenolic OH excluding ortho intramolecular Hbond substituents is 1. The van der Waals surface area contributed by atoms with Crippen LogP contribution in [-0.2, 0) is 11.2 Å². The highest BCUT2D eigenvalue weighted by molar-refractivity contribution is 5.91. The highest BCUT2D eigenvalue weighted by Gasteiger charge is 2.22. The summed E-state index contributed by atoms with van der Waals surface area (Å²) in [6, 6.07) is 32.3. The van der Waals surface area contributed by atoms with Crippen LogP contribution in [0.25, 0.3) is 22.0 Å². The summed E-state index contributed by atoms with van der Waals surface area (Å²) in [5.41, 5.74) is 5.67. The first kappa shape index (κ1) is 33.7. The smallest absolute Gasteiger partial charge is 0.411 e. The van der Waals surface area contributed by atoms with Crippen molar-refractivity contribution in [2.45, 2.75) is 31.5 Å². The summed E-state index contributed by atoms with van der Waals surface area (Å²) in [5.74, 6) is -0.0232. The number of benzene rings is 4. The van der Waals surface area contributed by atoms with Crippen molar-refractivity contribution in [1.82, 2.24) is 15.2 Å². The van der Waals surface area contributed by atoms with Crippen molar-refractivity contribution < 1.29 is 19.7 Å². The van der Waals surface area contributed by atoms with Crippen molar-refractivity contribution in [2.24, 2.45) is 0 Å². The molecule has 0 bridgehead atoms. The van der Waals surface area contributed by atoms with Crippen molar-refractivity contribution in [3.8, 4) is 16.9 Å². The number of phenols is 1. The molecule has 0 aliphatic carbocycles. The van der Waals surface area contributed by atoms with E-state index in [1.807, 2.05) is 54.6 Å². The van der Waals surface area contributed by atoms with Crippen molar-refractivity contribution in [3.63, 3.8) is 0 Å². The lowest BCUT2D eigenvalue weighted by Crippen LogP contribution is -2.40. The lowest BCUT2D eigenvalue weighted by atomic mass is 10.0. The molecule has 1 fully saturated rings. The Balaban J connectivity index is 0.866. The lowest BCUT2D eigenvalue weighted by molar-refractivity contribution is 0.0602. The van der Waals surface area contributed by atoms with Gasteiger partial charge in [0.15, 0.2) is 0 Å². The Morgan fingerprint density at radius 1 is 0.898 bits per heavy atom. The third-order valence-electron chi connectivity index (χ3n) is 8.96. The number of nitrogens with one attached hydrogen (secondary N) is 4. The number of hydrogen-bond acceptors (Lipinski definition) is 8. The largest absolute Gasteiger partial charge is 0.506 e. The molecule has 1 aliphatic heterocycles. The second-order valence-corrected chi connectivity index (χ2v) is 12.4. The van der Waals surface area contributed by atoms with Gasteiger partial charge in [-0.25, -0.2) is 4.79 Å². The van der Waals surface area contributed by atoms with E-state index in [0.717, 1.165) is 67.9 Å². The number of H-pyrrole nitrogens is 1. The number of aliphatic hydroxyl groups excluding tert-OH is 1. The summed E-state index contributed by atoms with van der Waals surface area (Å²) >= 11 is 0. The van der Waals surface area contributed by atoms with Crippen molar-refractivity contribution in [3.05, 3.63) is 125 Å². The minimum absolute atomic E-state index is 0.0232. The average Bonchev–Trinajstić information content (AvgIpc) is 3.12. The van der Waals surface area contributed by atoms with Gasteiger partial charge in [0.1, 0.15) is 11.9 Å². The molecule has 1 aromatic heterocycles. The van der Waals surface area contributed by atoms with Crippen LogP contribution < -0.4 is 21.5 Å². The molecule has 1 atom stereocenters. The van der Waals surface area contributed by atoms with Gasteiger partial charge in [-0.3, -0.25) is 10.1 Å². The second kappa shape index (κ2) is 16.3. The van der Waals surface area contributed by atoms with E-state index in [1.165, 1.54) is 17.7 Å². The van der Waals surface area contributed by atoms with E-state index in [9.17, 15) is 19.8 Å². The van der Waals surface area contributed by atoms with Gasteiger partial charge in [-0.15, -0.1) is 0 Å². The van der Waals surface area contributed by atoms with Crippen LogP contribution in [0.5, 0.6) is 5.75 Å². The number of anilines is 2. The van der Waals surface area contributed by atoms with E-state index in [4.69, 9.17) is 4.74 Å². The Morgan fingerprint density at radius 2 is 1.65 bits per heavy atom. The normalized spacial score (nSPS) is 14.4. The van der Waals surface area contributed by atoms with Gasteiger partial charge in [0.25, 0.3) is 0 Å². The highest BCUT2D eigenvalue weighted by Crippen LogP contribution is 2.29. The van der Waals surface area contributed by atoms with Gasteiger partial charge in [0.2, 0.25) is 5.56 Å². The van der Waals surface area contributed by atoms with Crippen LogP contribution in [0.3, 0.4) is 0 Å². The van der Waals surface area contributed by atoms with Crippen LogP contribution in [0.4, 0.5) is 16.2 Å². The molecule has 0 unspecified atom stereocenters. The van der Waals surface area contributed by atoms with Crippen LogP contribution >= 0.6 is 0 Å². The van der Waals surface area contributed by atoms with Gasteiger partial charge in [-0.2, -0.15) is 0 Å². The Labute approximate surface area is 285 Å². The number of nitrogens with zero attached hydrogens (tertiary/aromatic N) is 1. The zero-order valence-electron chi connectivity index (χ0n) is 27.4. The number of aromatic hydroxyl groups is 1. The topological polar surface area (TPSA) is 139 Å². The van der Waals surface area contributed by atoms with E-state index in [-0.39, 0.29) is 17.4 Å². The fourth-order valence-electron chi connectivity index (χ4n) is 6.28. The van der Waals surface area contributed by atoms with Gasteiger partial charge >= 0.3 is 6.09 Å². The Kier molecular flexibility index (Phi) is 11.2. The zero-order chi connectivity index (χ0) is 34.0. The van der Waals surface area contributed by atoms with Crippen LogP contribution in [0.1, 0.15) is 30.1 Å². The molecule has 254 valence electrons. The Morgan fingerprint density at radius 3 is 2.45 bits per heavy atom. The standard InChI is InChI=1S/C39H43N5O5/c45-35-16-14-32(33-15-17-37(47)43-38(33)35)36(46)26-40-21-18-27-10-12-29(13-11-27)41-22-25-44-23-19-30(20-24-44)49-39(48)42-34-9-5-4-8-31(34)28-6-2-1-3-7-28/h1-17,30,36,40-41,45-46H,18-26H2,(H,42,48)(H,43,47)/t36-/m1/s1. The lowest BCUT2D eigenvalue weighted by Gasteiger charge is -2.31. The molecule has 1 saturated heterocycles. The van der Waals surface area contributed by atoms with Crippen molar-refractivity contribution in [2.75, 3.05) is 49.9 Å². The monoisotopic (exact) mass is 661 g/mol. The molecule has 0 radical (unpaired) electrons. The molecule has 6 N–H and O–H groups in total. The number of carbonyl (C=O) groups excluding carboxylic acids is 1. The number of aliphatic hydroxyl groups is 1. The molecule has 0 saturated carbocycles. The SMILES string of the molecule is O=C(Nc1ccccc1-c1ccccc1)OC1CCN(CCNc2ccc(CCNC[C@@H](O)c3ccc(O)c4[nH]c(=O)ccc34)cc2)CC1. The molecule has 6 rings (SSSR count). The first-order valence-electron chi connectivity index (χ1n) is 16.8. The van der Waals surface area contributed by atoms with E-state index < -0.39 is 12.2 Å². The van der Waals surface area contributed by atoms with Gasteiger partial charge in [-0.1, -0.05) is 66.7 Å². The van der Waals surface area contributed by atoms with Crippen LogP contribution in [-0.4, -0.2) is 71.6 Å². The van der Waals surface area contributed by atoms with Gasteiger partial charge in [0, 0.05) is 55.4 Å². The molecular formula is C39H43N5O5. The Hall–Kier alpha value is -5.16. The summed E-state index contributed by atoms with van der Waals surface area (Å²) < 4.78 is 5.78. The molecule has 49 heavy (non-hydrogen) atoms. The molecule has 2 heterocycles. The summed E-state index contributed by atoms with van der Waals surface area (Å²) in [5, 5.41) is 31.2. The maximum Gasteiger partial charge on any atom is 0.411 e. The number of pyridine rings is 1. The molecule has 10 nitrogen and oxygen atoms in total. The number of likely N-dealkylation sites (tertiary alicyclic amines) is 1. The summed E-state index contributed by atoms with van der Waals surface area (Å²) in [4.78, 5) is 29.4. The van der Waals surface area contributed by atoms with E-state index in [0.29, 0.717) is 29.6 Å². The van der Waals surface area contributed by atoms with E-state index >= 15 is 0 Å². The number of aromatic amines is 1. The summed E-state index contributed by atoms with van der Waals surface area (Å²) in [6.07, 6.45) is 1.12. The number of amides is 1. The molecule has 4 aromatic carbocycles. The van der Waals surface area contributed by atoms with E-state index in [1.54, 1.807) is 12.1 Å². The molecular weight excluding hydrogens is 618 g/mol. The number of hydrogen-bond donors (Lipinski definition) is 6. The zero-order valence-corrected chi connectivity index (χ0v) is 27.4. The van der Waals surface area contributed by atoms with Gasteiger partial charge in [-0.05, 0) is 72.8 Å². The first-order chi connectivity index (χ1) is 23.9. The number of piperidine rings is 1. The number of rotatable bonds is 13. The molecule has 5 aromatic rings. The number of fused-ring (bicyclic) bond motifs is 1. The third-order valence-corrected chi connectivity index (χ3v) is 8.96. The molecule has 1 amide bonds. The quantitative estimate of drug-likeness (QED) is 0.0860. The second-order valence-electron chi connectivity index (χ2n) is 12.4. The highest BCUT2D eigenvalue weighted by atomic mass is 16.6. The predicted molar refractivity (Wildman–Crippen MR) is 194 cm³/mol. The van der Waals surface area contributed by atoms with Crippen LogP contribution in [0.2, 0.25) is 0 Å². The first-order valence-corrected chi connectivity index (χ1v) is 16.8. The number of carbonyl (C=O) groups is 1. The van der Waals surface area contributed by atoms with Gasteiger partial charge < -0.3 is 35.5 Å². The predicted octanol–water partition coefficient (Wildman–Crippen LogP) is 5.89. The number of ether oxygens (including phenoxy) is 1. The number of aromatic nitrogens is 1. The Bertz CT molecular complexity index is 1890. The maximum absolute atomic E-state index is 12.7. The van der Waals surface area contributed by atoms with Gasteiger partial charge in [0.05, 0.1) is 17.3 Å². The minimum Gasteiger partial charge on any atom is -0.506 e. The fraction of sp³-hybridized carbons (Fsp3) is 0.282. The van der Waals surface area contributed by atoms with E-state index in [2.05, 4.69) is 50.1 Å². The maximum atomic E-state index is 12.7. The van der Waals surface area contributed by atoms with Crippen LogP contribution in [0, 0.1) is 0 Å². The third kappa shape index (κ3) is 9.05.